The molecule has 1 aromatic heterocycles. The summed E-state index contributed by atoms with van der Waals surface area (Å²) in [6.07, 6.45) is 2.26. The van der Waals surface area contributed by atoms with E-state index in [0.717, 1.165) is 24.1 Å². The van der Waals surface area contributed by atoms with Gasteiger partial charge in [0.15, 0.2) is 0 Å². The molecule has 0 fully saturated rings. The van der Waals surface area contributed by atoms with E-state index in [1.54, 1.807) is 0 Å². The first-order chi connectivity index (χ1) is 12.0. The number of aromatic nitrogens is 2. The number of aromatic amines is 1. The lowest BCUT2D eigenvalue weighted by molar-refractivity contribution is 0.0936. The van der Waals surface area contributed by atoms with Gasteiger partial charge in [0.1, 0.15) is 11.4 Å². The Balaban J connectivity index is 2.11. The number of rotatable bonds is 7. The molecule has 1 atom stereocenters. The maximum absolute atomic E-state index is 12.3. The van der Waals surface area contributed by atoms with Gasteiger partial charge in [-0.25, -0.2) is 4.98 Å². The first-order valence-electron chi connectivity index (χ1n) is 8.61. The van der Waals surface area contributed by atoms with Crippen molar-refractivity contribution in [3.8, 4) is 11.4 Å². The lowest BCUT2D eigenvalue weighted by Crippen LogP contribution is -2.42. The van der Waals surface area contributed by atoms with Crippen molar-refractivity contribution in [3.63, 3.8) is 0 Å². The highest BCUT2D eigenvalue weighted by Crippen LogP contribution is 2.13. The van der Waals surface area contributed by atoms with Gasteiger partial charge in [-0.3, -0.25) is 9.59 Å². The number of nitrogens with zero attached hydrogens (tertiary/aromatic N) is 2. The van der Waals surface area contributed by atoms with Crippen LogP contribution in [0.2, 0.25) is 0 Å². The molecule has 0 aliphatic carbocycles. The molecule has 1 heterocycles. The van der Waals surface area contributed by atoms with Crippen molar-refractivity contribution in [2.24, 2.45) is 0 Å². The van der Waals surface area contributed by atoms with Crippen LogP contribution in [0.25, 0.3) is 11.4 Å². The molecule has 2 N–H and O–H groups in total. The van der Waals surface area contributed by atoms with Gasteiger partial charge >= 0.3 is 0 Å². The van der Waals surface area contributed by atoms with E-state index in [1.165, 1.54) is 6.20 Å². The van der Waals surface area contributed by atoms with Gasteiger partial charge in [-0.2, -0.15) is 0 Å². The van der Waals surface area contributed by atoms with Crippen molar-refractivity contribution in [1.29, 1.82) is 0 Å². The van der Waals surface area contributed by atoms with E-state index in [9.17, 15) is 9.59 Å². The highest BCUT2D eigenvalue weighted by molar-refractivity contribution is 5.93. The van der Waals surface area contributed by atoms with Crippen LogP contribution in [0.5, 0.6) is 0 Å². The molecule has 0 aliphatic rings. The van der Waals surface area contributed by atoms with Gasteiger partial charge in [0.05, 0.1) is 0 Å². The van der Waals surface area contributed by atoms with Crippen LogP contribution in [0, 0.1) is 6.92 Å². The number of nitrogens with one attached hydrogen (secondary N) is 2. The zero-order valence-electron chi connectivity index (χ0n) is 15.3. The minimum atomic E-state index is -0.431. The third-order valence-corrected chi connectivity index (χ3v) is 4.46. The Morgan fingerprint density at radius 3 is 2.52 bits per heavy atom. The van der Waals surface area contributed by atoms with E-state index in [0.29, 0.717) is 12.4 Å². The van der Waals surface area contributed by atoms with Crippen LogP contribution in [-0.4, -0.2) is 47.0 Å². The summed E-state index contributed by atoms with van der Waals surface area (Å²) >= 11 is 0. The molecule has 1 aromatic carbocycles. The Kier molecular flexibility index (Phi) is 6.47. The van der Waals surface area contributed by atoms with Gasteiger partial charge in [-0.15, -0.1) is 0 Å². The quantitative estimate of drug-likeness (QED) is 0.809. The number of hydrogen-bond acceptors (Lipinski definition) is 4. The maximum Gasteiger partial charge on any atom is 0.264 e. The number of likely N-dealkylation sites (N-methyl/N-ethyl adjacent to an activating group) is 1. The van der Waals surface area contributed by atoms with Crippen LogP contribution in [0.15, 0.2) is 35.3 Å². The molecule has 2 rings (SSSR count). The summed E-state index contributed by atoms with van der Waals surface area (Å²) in [5.41, 5.74) is 1.54. The molecule has 6 heteroatoms. The standard InChI is InChI=1S/C19H26N4O2/c1-5-15(23(4)6-2)11-21-18(24)16-12-20-17(22-19(16)25)14-9-7-13(3)8-10-14/h7-10,12,15H,5-6,11H2,1-4H3,(H,21,24)(H,20,22,25). The fourth-order valence-corrected chi connectivity index (χ4v) is 2.59. The van der Waals surface area contributed by atoms with Gasteiger partial charge in [0.25, 0.3) is 11.5 Å². The van der Waals surface area contributed by atoms with E-state index < -0.39 is 11.5 Å². The second-order valence-electron chi connectivity index (χ2n) is 6.19. The SMILES string of the molecule is CCC(CNC(=O)c1cnc(-c2ccc(C)cc2)[nH]c1=O)N(C)CC. The first kappa shape index (κ1) is 18.9. The largest absolute Gasteiger partial charge is 0.350 e. The van der Waals surface area contributed by atoms with Crippen molar-refractivity contribution in [1.82, 2.24) is 20.2 Å². The molecule has 0 bridgehead atoms. The molecule has 1 amide bonds. The fourth-order valence-electron chi connectivity index (χ4n) is 2.59. The number of aryl methyl sites for hydroxylation is 1. The lowest BCUT2D eigenvalue weighted by Gasteiger charge is -2.25. The summed E-state index contributed by atoms with van der Waals surface area (Å²) in [6.45, 7) is 7.55. The summed E-state index contributed by atoms with van der Waals surface area (Å²) in [6, 6.07) is 7.92. The molecular weight excluding hydrogens is 316 g/mol. The number of carbonyl (C=O) groups excluding carboxylic acids is 1. The first-order valence-corrected chi connectivity index (χ1v) is 8.61. The summed E-state index contributed by atoms with van der Waals surface area (Å²) < 4.78 is 0. The Labute approximate surface area is 148 Å². The van der Waals surface area contributed by atoms with Crippen molar-refractivity contribution in [2.75, 3.05) is 20.1 Å². The summed E-state index contributed by atoms with van der Waals surface area (Å²) in [5.74, 6) is 0.0610. The maximum atomic E-state index is 12.3. The van der Waals surface area contributed by atoms with Crippen LogP contribution in [0.1, 0.15) is 36.2 Å². The van der Waals surface area contributed by atoms with Crippen molar-refractivity contribution < 1.29 is 4.79 Å². The van der Waals surface area contributed by atoms with Gasteiger partial charge in [-0.1, -0.05) is 43.7 Å². The van der Waals surface area contributed by atoms with Gasteiger partial charge < -0.3 is 15.2 Å². The molecule has 2 aromatic rings. The second-order valence-corrected chi connectivity index (χ2v) is 6.19. The molecule has 0 spiro atoms. The van der Waals surface area contributed by atoms with Gasteiger partial charge in [0.2, 0.25) is 0 Å². The summed E-state index contributed by atoms with van der Waals surface area (Å²) in [7, 11) is 2.02. The smallest absolute Gasteiger partial charge is 0.264 e. The van der Waals surface area contributed by atoms with Crippen LogP contribution in [-0.2, 0) is 0 Å². The summed E-state index contributed by atoms with van der Waals surface area (Å²) in [5, 5.41) is 2.83. The van der Waals surface area contributed by atoms with Crippen molar-refractivity contribution in [2.45, 2.75) is 33.2 Å². The molecule has 0 radical (unpaired) electrons. The average Bonchev–Trinajstić information content (AvgIpc) is 2.62. The fraction of sp³-hybridized carbons (Fsp3) is 0.421. The lowest BCUT2D eigenvalue weighted by atomic mass is 10.1. The number of carbonyl (C=O) groups is 1. The monoisotopic (exact) mass is 342 g/mol. The topological polar surface area (TPSA) is 78.1 Å². The van der Waals surface area contributed by atoms with Crippen LogP contribution in [0.3, 0.4) is 0 Å². The van der Waals surface area contributed by atoms with Gasteiger partial charge in [-0.05, 0) is 26.9 Å². The Hall–Kier alpha value is -2.47. The Morgan fingerprint density at radius 2 is 1.96 bits per heavy atom. The highest BCUT2D eigenvalue weighted by Gasteiger charge is 2.16. The number of H-pyrrole nitrogens is 1. The Morgan fingerprint density at radius 1 is 1.28 bits per heavy atom. The second kappa shape index (κ2) is 8.58. The molecule has 134 valence electrons. The van der Waals surface area contributed by atoms with E-state index in [4.69, 9.17) is 0 Å². The molecule has 25 heavy (non-hydrogen) atoms. The molecule has 0 saturated carbocycles. The van der Waals surface area contributed by atoms with E-state index in [1.807, 2.05) is 38.2 Å². The normalized spacial score (nSPS) is 12.2. The molecular formula is C19H26N4O2. The van der Waals surface area contributed by atoms with E-state index in [2.05, 4.69) is 34.0 Å². The predicted octanol–water partition coefficient (Wildman–Crippen LogP) is 2.21. The highest BCUT2D eigenvalue weighted by atomic mass is 16.2. The van der Waals surface area contributed by atoms with Crippen molar-refractivity contribution >= 4 is 5.91 Å². The average molecular weight is 342 g/mol. The van der Waals surface area contributed by atoms with E-state index in [-0.39, 0.29) is 11.6 Å². The minimum Gasteiger partial charge on any atom is -0.350 e. The zero-order chi connectivity index (χ0) is 18.4. The molecule has 0 aliphatic heterocycles. The number of hydrogen-bond donors (Lipinski definition) is 2. The Bertz CT molecular complexity index is 768. The summed E-state index contributed by atoms with van der Waals surface area (Å²) in [4.78, 5) is 33.7. The van der Waals surface area contributed by atoms with Crippen molar-refractivity contribution in [3.05, 3.63) is 51.9 Å². The number of amides is 1. The third-order valence-electron chi connectivity index (χ3n) is 4.46. The van der Waals surface area contributed by atoms with Crippen LogP contribution >= 0.6 is 0 Å². The predicted molar refractivity (Wildman–Crippen MR) is 99.7 cm³/mol. The zero-order valence-corrected chi connectivity index (χ0v) is 15.3. The van der Waals surface area contributed by atoms with Gasteiger partial charge in [0, 0.05) is 24.3 Å². The molecule has 1 unspecified atom stereocenters. The molecule has 6 nitrogen and oxygen atoms in total. The molecule has 0 saturated heterocycles. The third kappa shape index (κ3) is 4.76. The number of benzene rings is 1. The van der Waals surface area contributed by atoms with Crippen LogP contribution in [0.4, 0.5) is 0 Å². The van der Waals surface area contributed by atoms with Crippen LogP contribution < -0.4 is 10.9 Å². The minimum absolute atomic E-state index is 0.0323. The van der Waals surface area contributed by atoms with E-state index >= 15 is 0 Å².